The summed E-state index contributed by atoms with van der Waals surface area (Å²) in [6.07, 6.45) is 1.02. The molecule has 1 aliphatic heterocycles. The van der Waals surface area contributed by atoms with Gasteiger partial charge in [0.05, 0.1) is 11.4 Å². The highest BCUT2D eigenvalue weighted by atomic mass is 15.2. The van der Waals surface area contributed by atoms with E-state index in [-0.39, 0.29) is 0 Å². The van der Waals surface area contributed by atoms with E-state index in [1.165, 1.54) is 33.3 Å². The van der Waals surface area contributed by atoms with Crippen molar-refractivity contribution < 1.29 is 0 Å². The van der Waals surface area contributed by atoms with Gasteiger partial charge >= 0.3 is 0 Å². The van der Waals surface area contributed by atoms with Crippen molar-refractivity contribution in [2.75, 3.05) is 6.54 Å². The zero-order valence-electron chi connectivity index (χ0n) is 15.6. The van der Waals surface area contributed by atoms with E-state index >= 15 is 0 Å². The highest BCUT2D eigenvalue weighted by Gasteiger charge is 2.23. The zero-order valence-corrected chi connectivity index (χ0v) is 15.6. The number of aromatic nitrogens is 2. The Balaban J connectivity index is 1.40. The number of imidazole rings is 1. The molecule has 0 saturated heterocycles. The van der Waals surface area contributed by atoms with Crippen molar-refractivity contribution in [3.63, 3.8) is 0 Å². The molecule has 5 rings (SSSR count). The smallest absolute Gasteiger partial charge is 0.140 e. The molecule has 0 aliphatic carbocycles. The first-order chi connectivity index (χ1) is 13.3. The van der Waals surface area contributed by atoms with Crippen LogP contribution in [0.4, 0.5) is 0 Å². The predicted molar refractivity (Wildman–Crippen MR) is 110 cm³/mol. The van der Waals surface area contributed by atoms with Gasteiger partial charge in [0, 0.05) is 38.7 Å². The summed E-state index contributed by atoms with van der Waals surface area (Å²) in [5.41, 5.74) is 5.17. The zero-order chi connectivity index (χ0) is 18.2. The van der Waals surface area contributed by atoms with E-state index in [2.05, 4.69) is 89.3 Å². The second kappa shape index (κ2) is 6.67. The second-order valence-electron chi connectivity index (χ2n) is 7.40. The Kier molecular flexibility index (Phi) is 4.02. The Morgan fingerprint density at radius 1 is 0.889 bits per heavy atom. The number of hydrogen-bond acceptors (Lipinski definition) is 2. The molecule has 1 aliphatic rings. The molecule has 0 radical (unpaired) electrons. The first kappa shape index (κ1) is 16.3. The van der Waals surface area contributed by atoms with Gasteiger partial charge in [-0.25, -0.2) is 4.98 Å². The molecular weight excluding hydrogens is 330 g/mol. The summed E-state index contributed by atoms with van der Waals surface area (Å²) in [7, 11) is 2.15. The third-order valence-electron chi connectivity index (χ3n) is 5.59. The fraction of sp³-hybridized carbons (Fsp3) is 0.208. The van der Waals surface area contributed by atoms with Gasteiger partial charge in [0.2, 0.25) is 0 Å². The van der Waals surface area contributed by atoms with E-state index in [1.54, 1.807) is 0 Å². The lowest BCUT2D eigenvalue weighted by Crippen LogP contribution is -2.31. The van der Waals surface area contributed by atoms with Gasteiger partial charge in [-0.2, -0.15) is 0 Å². The molecule has 0 spiro atoms. The number of hydrogen-bond donors (Lipinski definition) is 0. The van der Waals surface area contributed by atoms with Crippen LogP contribution >= 0.6 is 0 Å². The first-order valence-electron chi connectivity index (χ1n) is 9.58. The quantitative estimate of drug-likeness (QED) is 0.527. The summed E-state index contributed by atoms with van der Waals surface area (Å²) < 4.78 is 2.28. The minimum Gasteiger partial charge on any atom is -0.330 e. The monoisotopic (exact) mass is 353 g/mol. The van der Waals surface area contributed by atoms with Crippen molar-refractivity contribution in [1.29, 1.82) is 0 Å². The van der Waals surface area contributed by atoms with Gasteiger partial charge in [0.15, 0.2) is 0 Å². The van der Waals surface area contributed by atoms with Gasteiger partial charge in [0.25, 0.3) is 0 Å². The average Bonchev–Trinajstić information content (AvgIpc) is 3.05. The summed E-state index contributed by atoms with van der Waals surface area (Å²) in [6, 6.07) is 25.9. The van der Waals surface area contributed by atoms with Crippen LogP contribution in [0.5, 0.6) is 0 Å². The fourth-order valence-electron chi connectivity index (χ4n) is 4.12. The van der Waals surface area contributed by atoms with Crippen LogP contribution < -0.4 is 0 Å². The molecule has 3 heteroatoms. The van der Waals surface area contributed by atoms with Crippen LogP contribution in [0.25, 0.3) is 22.2 Å². The molecule has 134 valence electrons. The van der Waals surface area contributed by atoms with Gasteiger partial charge < -0.3 is 4.57 Å². The maximum absolute atomic E-state index is 4.94. The lowest BCUT2D eigenvalue weighted by Gasteiger charge is -2.27. The number of rotatable bonds is 3. The predicted octanol–water partition coefficient (Wildman–Crippen LogP) is 4.80. The van der Waals surface area contributed by atoms with Gasteiger partial charge in [-0.15, -0.1) is 0 Å². The maximum atomic E-state index is 4.94. The summed E-state index contributed by atoms with van der Waals surface area (Å²) in [4.78, 5) is 7.47. The van der Waals surface area contributed by atoms with Crippen molar-refractivity contribution in [1.82, 2.24) is 14.5 Å². The molecule has 0 amide bonds. The third kappa shape index (κ3) is 3.04. The van der Waals surface area contributed by atoms with Crippen LogP contribution in [0.1, 0.15) is 17.0 Å². The Bertz CT molecular complexity index is 1100. The summed E-state index contributed by atoms with van der Waals surface area (Å²) in [6.45, 7) is 3.00. The molecule has 0 saturated carbocycles. The van der Waals surface area contributed by atoms with Crippen LogP contribution in [0, 0.1) is 0 Å². The second-order valence-corrected chi connectivity index (χ2v) is 7.40. The van der Waals surface area contributed by atoms with Crippen molar-refractivity contribution in [3.8, 4) is 11.4 Å². The van der Waals surface area contributed by atoms with Gasteiger partial charge in [-0.3, -0.25) is 4.90 Å². The van der Waals surface area contributed by atoms with E-state index < -0.39 is 0 Å². The molecule has 0 atom stereocenters. The molecule has 3 nitrogen and oxygen atoms in total. The van der Waals surface area contributed by atoms with E-state index in [9.17, 15) is 0 Å². The van der Waals surface area contributed by atoms with E-state index in [4.69, 9.17) is 4.98 Å². The first-order valence-corrected chi connectivity index (χ1v) is 9.58. The molecule has 2 heterocycles. The summed E-state index contributed by atoms with van der Waals surface area (Å²) in [5, 5.41) is 2.63. The molecule has 0 fully saturated rings. The molecule has 4 aromatic rings. The Labute approximate surface area is 159 Å². The van der Waals surface area contributed by atoms with Gasteiger partial charge in [-0.05, 0) is 22.4 Å². The standard InChI is InChI=1S/C24H23N3/c1-26-23-17-27(16-18-11-12-19-7-5-6-10-21(19)15-18)14-13-22(23)25-24(26)20-8-3-2-4-9-20/h2-12,15H,13-14,16-17H2,1H3. The van der Waals surface area contributed by atoms with Crippen LogP contribution in [0.3, 0.4) is 0 Å². The van der Waals surface area contributed by atoms with Crippen molar-refractivity contribution in [2.45, 2.75) is 19.5 Å². The SMILES string of the molecule is Cn1c(-c2ccccc2)nc2c1CN(Cc1ccc3ccccc3c1)CC2. The van der Waals surface area contributed by atoms with E-state index in [0.29, 0.717) is 0 Å². The van der Waals surface area contributed by atoms with Crippen molar-refractivity contribution in [3.05, 3.63) is 89.7 Å². The molecule has 0 unspecified atom stereocenters. The normalized spacial score (nSPS) is 14.4. The minimum atomic E-state index is 0.957. The number of fused-ring (bicyclic) bond motifs is 2. The lowest BCUT2D eigenvalue weighted by atomic mass is 10.1. The van der Waals surface area contributed by atoms with E-state index in [0.717, 1.165) is 31.9 Å². The third-order valence-corrected chi connectivity index (χ3v) is 5.59. The molecule has 1 aromatic heterocycles. The topological polar surface area (TPSA) is 21.1 Å². The molecule has 0 N–H and O–H groups in total. The lowest BCUT2D eigenvalue weighted by molar-refractivity contribution is 0.238. The number of nitrogens with zero attached hydrogens (tertiary/aromatic N) is 3. The summed E-state index contributed by atoms with van der Waals surface area (Å²) in [5.74, 6) is 1.08. The highest BCUT2D eigenvalue weighted by molar-refractivity contribution is 5.82. The molecule has 3 aromatic carbocycles. The Morgan fingerprint density at radius 3 is 2.52 bits per heavy atom. The van der Waals surface area contributed by atoms with Crippen LogP contribution in [0.15, 0.2) is 72.8 Å². The van der Waals surface area contributed by atoms with Gasteiger partial charge in [0.1, 0.15) is 5.82 Å². The highest BCUT2D eigenvalue weighted by Crippen LogP contribution is 2.26. The van der Waals surface area contributed by atoms with Crippen LogP contribution in [0.2, 0.25) is 0 Å². The largest absolute Gasteiger partial charge is 0.330 e. The minimum absolute atomic E-state index is 0.957. The van der Waals surface area contributed by atoms with Crippen LogP contribution in [-0.2, 0) is 26.6 Å². The maximum Gasteiger partial charge on any atom is 0.140 e. The summed E-state index contributed by atoms with van der Waals surface area (Å²) >= 11 is 0. The Hall–Kier alpha value is -2.91. The van der Waals surface area contributed by atoms with E-state index in [1.807, 2.05) is 0 Å². The van der Waals surface area contributed by atoms with Gasteiger partial charge in [-0.1, -0.05) is 66.7 Å². The fourth-order valence-corrected chi connectivity index (χ4v) is 4.12. The number of benzene rings is 3. The van der Waals surface area contributed by atoms with Crippen LogP contribution in [-0.4, -0.2) is 21.0 Å². The molecule has 0 bridgehead atoms. The molecule has 27 heavy (non-hydrogen) atoms. The van der Waals surface area contributed by atoms with Crippen molar-refractivity contribution >= 4 is 10.8 Å². The molecular formula is C24H23N3. The average molecular weight is 353 g/mol. The van der Waals surface area contributed by atoms with Crippen molar-refractivity contribution in [2.24, 2.45) is 7.05 Å². The Morgan fingerprint density at radius 2 is 1.67 bits per heavy atom.